The van der Waals surface area contributed by atoms with Crippen molar-refractivity contribution in [3.63, 3.8) is 0 Å². The largest absolute Gasteiger partial charge is 0.429 e. The maximum atomic E-state index is 5.47. The Labute approximate surface area is 70.6 Å². The van der Waals surface area contributed by atoms with E-state index in [1.54, 1.807) is 6.07 Å². The molecule has 56 valence electrons. The smallest absolute Gasteiger partial charge is 0.266 e. The van der Waals surface area contributed by atoms with Crippen molar-refractivity contribution >= 4 is 32.8 Å². The van der Waals surface area contributed by atoms with Crippen LogP contribution in [0.15, 0.2) is 21.5 Å². The van der Waals surface area contributed by atoms with Gasteiger partial charge in [-0.3, -0.25) is 0 Å². The predicted molar refractivity (Wildman–Crippen MR) is 43.9 cm³/mol. The number of oxazole rings is 1. The van der Waals surface area contributed by atoms with Gasteiger partial charge in [-0.05, 0) is 0 Å². The van der Waals surface area contributed by atoms with Crippen molar-refractivity contribution in [2.75, 3.05) is 5.73 Å². The van der Waals surface area contributed by atoms with Gasteiger partial charge >= 0.3 is 0 Å². The minimum absolute atomic E-state index is 0.422. The molecule has 0 amide bonds. The van der Waals surface area contributed by atoms with Gasteiger partial charge in [-0.1, -0.05) is 0 Å². The van der Waals surface area contributed by atoms with Crippen LogP contribution in [0.25, 0.3) is 11.2 Å². The molecule has 0 aliphatic carbocycles. The van der Waals surface area contributed by atoms with Gasteiger partial charge in [0.25, 0.3) is 4.80 Å². The maximum absolute atomic E-state index is 5.47. The van der Waals surface area contributed by atoms with E-state index < -0.39 is 0 Å². The van der Waals surface area contributed by atoms with Gasteiger partial charge < -0.3 is 10.2 Å². The molecule has 0 unspecified atom stereocenters. The van der Waals surface area contributed by atoms with E-state index in [2.05, 4.69) is 25.9 Å². The van der Waals surface area contributed by atoms with E-state index in [-0.39, 0.29) is 0 Å². The molecule has 0 fully saturated rings. The highest BCUT2D eigenvalue weighted by atomic mass is 79.9. The summed E-state index contributed by atoms with van der Waals surface area (Å²) in [4.78, 5) is 8.30. The van der Waals surface area contributed by atoms with Crippen LogP contribution in [0.5, 0.6) is 0 Å². The molecule has 2 aromatic heterocycles. The van der Waals surface area contributed by atoms with Gasteiger partial charge in [0.05, 0.1) is 11.9 Å². The Bertz CT molecular complexity index is 398. The quantitative estimate of drug-likeness (QED) is 0.722. The number of nitrogens with zero attached hydrogens (tertiary/aromatic N) is 2. The van der Waals surface area contributed by atoms with Crippen molar-refractivity contribution in [3.05, 3.63) is 17.1 Å². The maximum Gasteiger partial charge on any atom is 0.266 e. The highest BCUT2D eigenvalue weighted by Gasteiger charge is 2.02. The highest BCUT2D eigenvalue weighted by Crippen LogP contribution is 2.18. The van der Waals surface area contributed by atoms with Crippen LogP contribution in [0.3, 0.4) is 0 Å². The normalized spacial score (nSPS) is 10.6. The van der Waals surface area contributed by atoms with Gasteiger partial charge in [0.1, 0.15) is 0 Å². The average molecular weight is 214 g/mol. The van der Waals surface area contributed by atoms with E-state index in [0.717, 1.165) is 0 Å². The fourth-order valence-corrected chi connectivity index (χ4v) is 1.15. The Morgan fingerprint density at radius 2 is 2.36 bits per heavy atom. The summed E-state index contributed by atoms with van der Waals surface area (Å²) < 4.78 is 5.11. The lowest BCUT2D eigenvalue weighted by Crippen LogP contribution is -1.85. The van der Waals surface area contributed by atoms with Crippen molar-refractivity contribution in [1.82, 2.24) is 9.97 Å². The van der Waals surface area contributed by atoms with Crippen molar-refractivity contribution < 1.29 is 4.42 Å². The summed E-state index contributed by atoms with van der Waals surface area (Å²) in [6.07, 6.45) is 1.54. The summed E-state index contributed by atoms with van der Waals surface area (Å²) in [5.74, 6) is 0. The standard InChI is InChI=1S/C6H4BrN3O/c7-6-10-5-4(11-6)1-3(8)2-9-5/h1-2H,8H2. The number of aromatic nitrogens is 2. The van der Waals surface area contributed by atoms with Gasteiger partial charge in [-0.25, -0.2) is 4.98 Å². The Hall–Kier alpha value is -1.10. The summed E-state index contributed by atoms with van der Waals surface area (Å²) in [6.45, 7) is 0. The monoisotopic (exact) mass is 213 g/mol. The molecule has 4 nitrogen and oxygen atoms in total. The van der Waals surface area contributed by atoms with Crippen LogP contribution in [0.2, 0.25) is 0 Å². The average Bonchev–Trinajstić information content (AvgIpc) is 2.27. The summed E-state index contributed by atoms with van der Waals surface area (Å²) >= 11 is 3.09. The Balaban J connectivity index is 2.82. The van der Waals surface area contributed by atoms with Gasteiger partial charge in [0.2, 0.25) is 0 Å². The van der Waals surface area contributed by atoms with E-state index in [1.807, 2.05) is 0 Å². The summed E-state index contributed by atoms with van der Waals surface area (Å²) in [5.41, 5.74) is 7.19. The molecule has 0 spiro atoms. The molecule has 0 saturated heterocycles. The van der Waals surface area contributed by atoms with Crippen LogP contribution in [-0.2, 0) is 0 Å². The number of hydrogen-bond donors (Lipinski definition) is 1. The topological polar surface area (TPSA) is 64.9 Å². The van der Waals surface area contributed by atoms with Gasteiger partial charge in [0.15, 0.2) is 11.2 Å². The second-order valence-corrected chi connectivity index (χ2v) is 2.74. The van der Waals surface area contributed by atoms with Gasteiger partial charge in [-0.2, -0.15) is 4.98 Å². The molecule has 2 rings (SSSR count). The van der Waals surface area contributed by atoms with Crippen molar-refractivity contribution in [3.8, 4) is 0 Å². The first-order chi connectivity index (χ1) is 5.25. The molecular formula is C6H4BrN3O. The van der Waals surface area contributed by atoms with E-state index >= 15 is 0 Å². The molecule has 0 aliphatic rings. The number of nitrogen functional groups attached to an aromatic ring is 1. The van der Waals surface area contributed by atoms with Crippen LogP contribution in [0.4, 0.5) is 5.69 Å². The van der Waals surface area contributed by atoms with E-state index in [4.69, 9.17) is 10.2 Å². The molecule has 0 aromatic carbocycles. The van der Waals surface area contributed by atoms with Crippen molar-refractivity contribution in [2.45, 2.75) is 0 Å². The van der Waals surface area contributed by atoms with Gasteiger partial charge in [0, 0.05) is 22.0 Å². The minimum atomic E-state index is 0.422. The summed E-state index contributed by atoms with van der Waals surface area (Å²) in [6, 6.07) is 1.68. The van der Waals surface area contributed by atoms with Crippen molar-refractivity contribution in [2.24, 2.45) is 0 Å². The first-order valence-electron chi connectivity index (χ1n) is 2.93. The third-order valence-corrected chi connectivity index (χ3v) is 1.58. The van der Waals surface area contributed by atoms with Crippen LogP contribution < -0.4 is 5.73 Å². The molecule has 0 radical (unpaired) electrons. The predicted octanol–water partition coefficient (Wildman–Crippen LogP) is 1.57. The summed E-state index contributed by atoms with van der Waals surface area (Å²) in [7, 11) is 0. The zero-order valence-corrected chi connectivity index (χ0v) is 7.00. The molecule has 5 heteroatoms. The molecule has 0 atom stereocenters. The molecule has 2 aromatic rings. The third-order valence-electron chi connectivity index (χ3n) is 1.24. The number of fused-ring (bicyclic) bond motifs is 1. The molecule has 0 saturated carbocycles. The Morgan fingerprint density at radius 1 is 1.55 bits per heavy atom. The Kier molecular flexibility index (Phi) is 1.32. The lowest BCUT2D eigenvalue weighted by molar-refractivity contribution is 0.570. The fourth-order valence-electron chi connectivity index (χ4n) is 0.808. The highest BCUT2D eigenvalue weighted by molar-refractivity contribution is 9.10. The lowest BCUT2D eigenvalue weighted by Gasteiger charge is -1.87. The van der Waals surface area contributed by atoms with Gasteiger partial charge in [-0.15, -0.1) is 0 Å². The first kappa shape index (κ1) is 6.60. The van der Waals surface area contributed by atoms with E-state index in [0.29, 0.717) is 21.7 Å². The van der Waals surface area contributed by atoms with E-state index in [1.165, 1.54) is 6.20 Å². The second-order valence-electron chi connectivity index (χ2n) is 2.06. The van der Waals surface area contributed by atoms with Crippen LogP contribution in [-0.4, -0.2) is 9.97 Å². The second kappa shape index (κ2) is 2.20. The number of nitrogens with two attached hydrogens (primary N) is 1. The molecule has 0 aliphatic heterocycles. The molecule has 2 N–H and O–H groups in total. The molecule has 2 heterocycles. The van der Waals surface area contributed by atoms with Crippen LogP contribution in [0, 0.1) is 0 Å². The first-order valence-corrected chi connectivity index (χ1v) is 3.72. The summed E-state index contributed by atoms with van der Waals surface area (Å²) in [5, 5.41) is 0. The lowest BCUT2D eigenvalue weighted by atomic mass is 10.4. The number of pyridine rings is 1. The Morgan fingerprint density at radius 3 is 3.18 bits per heavy atom. The molecule has 11 heavy (non-hydrogen) atoms. The number of hydrogen-bond acceptors (Lipinski definition) is 4. The van der Waals surface area contributed by atoms with Crippen LogP contribution in [0.1, 0.15) is 0 Å². The number of anilines is 1. The minimum Gasteiger partial charge on any atom is -0.429 e. The zero-order valence-electron chi connectivity index (χ0n) is 5.41. The zero-order chi connectivity index (χ0) is 7.84. The molecular weight excluding hydrogens is 210 g/mol. The third kappa shape index (κ3) is 1.07. The fraction of sp³-hybridized carbons (Fsp3) is 0. The van der Waals surface area contributed by atoms with Crippen LogP contribution >= 0.6 is 15.9 Å². The number of halogens is 1. The van der Waals surface area contributed by atoms with E-state index in [9.17, 15) is 0 Å². The van der Waals surface area contributed by atoms with Crippen molar-refractivity contribution in [1.29, 1.82) is 0 Å². The SMILES string of the molecule is Nc1cnc2nc(Br)oc2c1. The number of rotatable bonds is 0. The molecule has 0 bridgehead atoms.